The Morgan fingerprint density at radius 1 is 0.886 bits per heavy atom. The van der Waals surface area contributed by atoms with Crippen molar-refractivity contribution in [1.29, 1.82) is 0 Å². The second-order valence-corrected chi connectivity index (χ2v) is 8.21. The van der Waals surface area contributed by atoms with Crippen LogP contribution in [0.3, 0.4) is 0 Å². The average Bonchev–Trinajstić information content (AvgIpc) is 2.88. The SMILES string of the molecule is CCCCCCCCOc1ccc(C(=O)Oc2ccc(C=Nc3cccc(OC)c3)c(O)c2)cc1. The first-order valence-electron chi connectivity index (χ1n) is 12.0. The van der Waals surface area contributed by atoms with Crippen LogP contribution in [0.15, 0.2) is 71.7 Å². The quantitative estimate of drug-likeness (QED) is 0.123. The van der Waals surface area contributed by atoms with Gasteiger partial charge in [-0.2, -0.15) is 0 Å². The minimum atomic E-state index is -0.510. The van der Waals surface area contributed by atoms with Gasteiger partial charge in [0, 0.05) is 23.9 Å². The number of carbonyl (C=O) groups excluding carboxylic acids is 1. The molecule has 0 heterocycles. The smallest absolute Gasteiger partial charge is 0.343 e. The van der Waals surface area contributed by atoms with E-state index in [4.69, 9.17) is 14.2 Å². The molecular weight excluding hydrogens is 442 g/mol. The summed E-state index contributed by atoms with van der Waals surface area (Å²) in [7, 11) is 1.59. The highest BCUT2D eigenvalue weighted by Gasteiger charge is 2.10. The minimum Gasteiger partial charge on any atom is -0.507 e. The first-order valence-corrected chi connectivity index (χ1v) is 12.0. The lowest BCUT2D eigenvalue weighted by Gasteiger charge is -2.08. The predicted octanol–water partition coefficient (Wildman–Crippen LogP) is 7.11. The lowest BCUT2D eigenvalue weighted by Crippen LogP contribution is -2.08. The number of aliphatic imine (C=N–C) groups is 1. The lowest BCUT2D eigenvalue weighted by atomic mass is 10.1. The van der Waals surface area contributed by atoms with Gasteiger partial charge in [-0.05, 0) is 55.0 Å². The number of methoxy groups -OCH3 is 1. The number of benzene rings is 3. The summed E-state index contributed by atoms with van der Waals surface area (Å²) < 4.78 is 16.4. The van der Waals surface area contributed by atoms with E-state index in [9.17, 15) is 9.90 Å². The van der Waals surface area contributed by atoms with Crippen LogP contribution in [-0.4, -0.2) is 31.0 Å². The molecule has 0 bridgehead atoms. The third-order valence-electron chi connectivity index (χ3n) is 5.48. The lowest BCUT2D eigenvalue weighted by molar-refractivity contribution is 0.0734. The monoisotopic (exact) mass is 475 g/mol. The number of carbonyl (C=O) groups is 1. The van der Waals surface area contributed by atoms with Crippen molar-refractivity contribution in [3.05, 3.63) is 77.9 Å². The average molecular weight is 476 g/mol. The second-order valence-electron chi connectivity index (χ2n) is 8.21. The van der Waals surface area contributed by atoms with Crippen molar-refractivity contribution in [1.82, 2.24) is 0 Å². The number of esters is 1. The molecule has 0 aliphatic rings. The largest absolute Gasteiger partial charge is 0.507 e. The summed E-state index contributed by atoms with van der Waals surface area (Å²) in [5.41, 5.74) is 1.60. The van der Waals surface area contributed by atoms with Crippen LogP contribution >= 0.6 is 0 Å². The van der Waals surface area contributed by atoms with Gasteiger partial charge in [0.2, 0.25) is 0 Å². The molecular formula is C29H33NO5. The molecule has 184 valence electrons. The van der Waals surface area contributed by atoms with Crippen LogP contribution < -0.4 is 14.2 Å². The zero-order chi connectivity index (χ0) is 24.9. The van der Waals surface area contributed by atoms with E-state index in [1.165, 1.54) is 38.2 Å². The van der Waals surface area contributed by atoms with Crippen molar-refractivity contribution in [2.24, 2.45) is 4.99 Å². The van der Waals surface area contributed by atoms with Gasteiger partial charge >= 0.3 is 5.97 Å². The van der Waals surface area contributed by atoms with Gasteiger partial charge in [0.1, 0.15) is 23.0 Å². The summed E-state index contributed by atoms with van der Waals surface area (Å²) in [6.45, 7) is 2.88. The van der Waals surface area contributed by atoms with Crippen molar-refractivity contribution in [3.8, 4) is 23.0 Å². The summed E-state index contributed by atoms with van der Waals surface area (Å²) in [5, 5.41) is 10.3. The summed E-state index contributed by atoms with van der Waals surface area (Å²) >= 11 is 0. The van der Waals surface area contributed by atoms with Gasteiger partial charge in [-0.3, -0.25) is 4.99 Å². The number of ether oxygens (including phenoxy) is 3. The molecule has 0 saturated carbocycles. The van der Waals surface area contributed by atoms with Crippen molar-refractivity contribution in [2.75, 3.05) is 13.7 Å². The van der Waals surface area contributed by atoms with Crippen molar-refractivity contribution >= 4 is 17.9 Å². The van der Waals surface area contributed by atoms with Gasteiger partial charge in [-0.15, -0.1) is 0 Å². The Hall–Kier alpha value is -3.80. The Morgan fingerprint density at radius 3 is 2.37 bits per heavy atom. The molecule has 6 heteroatoms. The molecule has 3 aromatic rings. The van der Waals surface area contributed by atoms with Gasteiger partial charge in [-0.25, -0.2) is 4.79 Å². The molecule has 0 saturated heterocycles. The van der Waals surface area contributed by atoms with E-state index in [-0.39, 0.29) is 11.5 Å². The maximum absolute atomic E-state index is 12.5. The number of nitrogens with zero attached hydrogens (tertiary/aromatic N) is 1. The summed E-state index contributed by atoms with van der Waals surface area (Å²) in [5.74, 6) is 1.12. The molecule has 35 heavy (non-hydrogen) atoms. The molecule has 3 aromatic carbocycles. The number of hydrogen-bond acceptors (Lipinski definition) is 6. The summed E-state index contributed by atoms with van der Waals surface area (Å²) in [6, 6.07) is 18.8. The number of unbranched alkanes of at least 4 members (excludes halogenated alkanes) is 5. The Kier molecular flexibility index (Phi) is 10.2. The third kappa shape index (κ3) is 8.49. The van der Waals surface area contributed by atoms with Crippen molar-refractivity contribution in [3.63, 3.8) is 0 Å². The molecule has 0 spiro atoms. The molecule has 0 amide bonds. The highest BCUT2D eigenvalue weighted by Crippen LogP contribution is 2.25. The van der Waals surface area contributed by atoms with E-state index in [2.05, 4.69) is 11.9 Å². The van der Waals surface area contributed by atoms with Crippen LogP contribution in [0.1, 0.15) is 61.4 Å². The Balaban J connectivity index is 1.50. The first kappa shape index (κ1) is 25.8. The van der Waals surface area contributed by atoms with E-state index in [1.807, 2.05) is 18.2 Å². The topological polar surface area (TPSA) is 77.4 Å². The highest BCUT2D eigenvalue weighted by atomic mass is 16.5. The van der Waals surface area contributed by atoms with E-state index in [1.54, 1.807) is 55.8 Å². The van der Waals surface area contributed by atoms with Gasteiger partial charge in [-0.1, -0.05) is 45.1 Å². The van der Waals surface area contributed by atoms with E-state index in [0.29, 0.717) is 29.2 Å². The number of rotatable bonds is 13. The zero-order valence-corrected chi connectivity index (χ0v) is 20.4. The molecule has 0 aromatic heterocycles. The Labute approximate surface area is 207 Å². The molecule has 6 nitrogen and oxygen atoms in total. The molecule has 0 radical (unpaired) electrons. The standard InChI is InChI=1S/C29H33NO5/c1-3-4-5-6-7-8-18-34-25-15-12-22(13-16-25)29(32)35-27-17-14-23(28(31)20-27)21-30-24-10-9-11-26(19-24)33-2/h9-17,19-21,31H,3-8,18H2,1-2H3. The zero-order valence-electron chi connectivity index (χ0n) is 20.4. The van der Waals surface area contributed by atoms with E-state index >= 15 is 0 Å². The first-order chi connectivity index (χ1) is 17.1. The van der Waals surface area contributed by atoms with Crippen molar-refractivity contribution < 1.29 is 24.1 Å². The molecule has 0 aliphatic carbocycles. The van der Waals surface area contributed by atoms with Gasteiger partial charge in [0.05, 0.1) is 25.0 Å². The van der Waals surface area contributed by atoms with Crippen LogP contribution in [0.25, 0.3) is 0 Å². The van der Waals surface area contributed by atoms with Crippen LogP contribution in [0, 0.1) is 0 Å². The van der Waals surface area contributed by atoms with Crippen LogP contribution in [0.5, 0.6) is 23.0 Å². The maximum atomic E-state index is 12.5. The fourth-order valence-electron chi connectivity index (χ4n) is 3.46. The molecule has 0 atom stereocenters. The number of hydrogen-bond donors (Lipinski definition) is 1. The molecule has 1 N–H and O–H groups in total. The van der Waals surface area contributed by atoms with Gasteiger partial charge < -0.3 is 19.3 Å². The fourth-order valence-corrected chi connectivity index (χ4v) is 3.46. The van der Waals surface area contributed by atoms with E-state index < -0.39 is 5.97 Å². The fraction of sp³-hybridized carbons (Fsp3) is 0.310. The third-order valence-corrected chi connectivity index (χ3v) is 5.48. The number of phenolic OH excluding ortho intramolecular Hbond substituents is 1. The predicted molar refractivity (Wildman–Crippen MR) is 139 cm³/mol. The maximum Gasteiger partial charge on any atom is 0.343 e. The van der Waals surface area contributed by atoms with Crippen LogP contribution in [0.4, 0.5) is 5.69 Å². The highest BCUT2D eigenvalue weighted by molar-refractivity contribution is 5.91. The summed E-state index contributed by atoms with van der Waals surface area (Å²) in [4.78, 5) is 16.8. The normalized spacial score (nSPS) is 10.9. The van der Waals surface area contributed by atoms with E-state index in [0.717, 1.165) is 12.2 Å². The van der Waals surface area contributed by atoms with Crippen LogP contribution in [0.2, 0.25) is 0 Å². The Bertz CT molecular complexity index is 1110. The van der Waals surface area contributed by atoms with Gasteiger partial charge in [0.25, 0.3) is 0 Å². The molecule has 3 rings (SSSR count). The number of phenols is 1. The van der Waals surface area contributed by atoms with Crippen LogP contribution in [-0.2, 0) is 0 Å². The molecule has 0 fully saturated rings. The summed E-state index contributed by atoms with van der Waals surface area (Å²) in [6.07, 6.45) is 8.80. The molecule has 0 unspecified atom stereocenters. The van der Waals surface area contributed by atoms with Crippen molar-refractivity contribution in [2.45, 2.75) is 45.4 Å². The number of aromatic hydroxyl groups is 1. The Morgan fingerprint density at radius 2 is 1.63 bits per heavy atom. The molecule has 0 aliphatic heterocycles. The van der Waals surface area contributed by atoms with Gasteiger partial charge in [0.15, 0.2) is 0 Å². The minimum absolute atomic E-state index is 0.0413. The second kappa shape index (κ2) is 13.8.